The minimum absolute atomic E-state index is 0.104. The van der Waals surface area contributed by atoms with Crippen LogP contribution in [0.3, 0.4) is 0 Å². The van der Waals surface area contributed by atoms with Gasteiger partial charge in [0, 0.05) is 19.3 Å². The van der Waals surface area contributed by atoms with Crippen molar-refractivity contribution in [3.8, 4) is 0 Å². The predicted molar refractivity (Wildman–Crippen MR) is 270 cm³/mol. The van der Waals surface area contributed by atoms with Gasteiger partial charge < -0.3 is 14.2 Å². The van der Waals surface area contributed by atoms with Crippen LogP contribution in [0.2, 0.25) is 0 Å². The molecule has 0 saturated heterocycles. The first-order chi connectivity index (χ1) is 31.0. The maximum Gasteiger partial charge on any atom is 0.306 e. The lowest BCUT2D eigenvalue weighted by Crippen LogP contribution is -2.30. The molecule has 362 valence electrons. The third-order valence-corrected chi connectivity index (χ3v) is 11.2. The Morgan fingerprint density at radius 3 is 0.937 bits per heavy atom. The van der Waals surface area contributed by atoms with Crippen molar-refractivity contribution < 1.29 is 28.6 Å². The van der Waals surface area contributed by atoms with E-state index in [2.05, 4.69) is 81.5 Å². The number of unbranched alkanes of at least 4 members (excludes halogenated alkanes) is 24. The van der Waals surface area contributed by atoms with Gasteiger partial charge in [-0.1, -0.05) is 248 Å². The van der Waals surface area contributed by atoms with Gasteiger partial charge in [0.25, 0.3) is 0 Å². The molecule has 6 nitrogen and oxygen atoms in total. The van der Waals surface area contributed by atoms with Gasteiger partial charge in [-0.2, -0.15) is 0 Å². The van der Waals surface area contributed by atoms with E-state index < -0.39 is 12.1 Å². The molecule has 0 saturated carbocycles. The summed E-state index contributed by atoms with van der Waals surface area (Å²) >= 11 is 0. The molecule has 0 radical (unpaired) electrons. The number of carbonyl (C=O) groups is 3. The van der Waals surface area contributed by atoms with E-state index in [0.29, 0.717) is 19.3 Å². The number of allylic oxidation sites excluding steroid dienone is 12. The molecule has 0 rings (SSSR count). The highest BCUT2D eigenvalue weighted by Crippen LogP contribution is 2.16. The van der Waals surface area contributed by atoms with Crippen LogP contribution < -0.4 is 0 Å². The Kier molecular flexibility index (Phi) is 48.9. The molecule has 63 heavy (non-hydrogen) atoms. The second-order valence-electron chi connectivity index (χ2n) is 17.4. The van der Waals surface area contributed by atoms with Crippen molar-refractivity contribution in [1.29, 1.82) is 0 Å². The second-order valence-corrected chi connectivity index (χ2v) is 17.4. The third-order valence-electron chi connectivity index (χ3n) is 11.2. The van der Waals surface area contributed by atoms with E-state index in [9.17, 15) is 14.4 Å². The Bertz CT molecular complexity index is 1190. The molecule has 0 aromatic carbocycles. The molecule has 1 atom stereocenters. The Morgan fingerprint density at radius 1 is 0.333 bits per heavy atom. The zero-order valence-corrected chi connectivity index (χ0v) is 41.3. The first-order valence-electron chi connectivity index (χ1n) is 26.4. The summed E-state index contributed by atoms with van der Waals surface area (Å²) in [5.41, 5.74) is 0. The van der Waals surface area contributed by atoms with Gasteiger partial charge in [-0.3, -0.25) is 14.4 Å². The van der Waals surface area contributed by atoms with Crippen molar-refractivity contribution >= 4 is 17.9 Å². The lowest BCUT2D eigenvalue weighted by Gasteiger charge is -2.18. The maximum atomic E-state index is 12.7. The number of rotatable bonds is 47. The SMILES string of the molecule is CC/C=C\C/C=C\C/C=C\C/C=C\C/C=C\C/C=C\CCC(=O)OC(COC(=O)CCCCCCC)COC(=O)CCCCCCCCCCCCCCCCCCCCCCC. The van der Waals surface area contributed by atoms with Crippen LogP contribution in [0.1, 0.15) is 252 Å². The lowest BCUT2D eigenvalue weighted by molar-refractivity contribution is -0.166. The van der Waals surface area contributed by atoms with Gasteiger partial charge in [0.05, 0.1) is 0 Å². The van der Waals surface area contributed by atoms with Crippen molar-refractivity contribution in [2.75, 3.05) is 13.2 Å². The van der Waals surface area contributed by atoms with Crippen molar-refractivity contribution in [3.63, 3.8) is 0 Å². The highest BCUT2D eigenvalue weighted by molar-refractivity contribution is 5.71. The summed E-state index contributed by atoms with van der Waals surface area (Å²) in [6, 6.07) is 0. The summed E-state index contributed by atoms with van der Waals surface area (Å²) in [5.74, 6) is -0.999. The molecule has 6 heteroatoms. The summed E-state index contributed by atoms with van der Waals surface area (Å²) in [6.45, 7) is 6.39. The van der Waals surface area contributed by atoms with Crippen LogP contribution in [0, 0.1) is 0 Å². The average molecular weight is 879 g/mol. The van der Waals surface area contributed by atoms with Crippen LogP contribution in [-0.4, -0.2) is 37.2 Å². The Labute approximate surface area is 389 Å². The van der Waals surface area contributed by atoms with Crippen molar-refractivity contribution in [1.82, 2.24) is 0 Å². The molecular weight excluding hydrogens is 781 g/mol. The zero-order valence-electron chi connectivity index (χ0n) is 41.3. The van der Waals surface area contributed by atoms with Crippen LogP contribution in [0.5, 0.6) is 0 Å². The lowest BCUT2D eigenvalue weighted by atomic mass is 10.0. The van der Waals surface area contributed by atoms with Crippen molar-refractivity contribution in [3.05, 3.63) is 72.9 Å². The number of hydrogen-bond donors (Lipinski definition) is 0. The van der Waals surface area contributed by atoms with E-state index in [1.807, 2.05) is 12.2 Å². The quantitative estimate of drug-likeness (QED) is 0.0262. The summed E-state index contributed by atoms with van der Waals surface area (Å²) in [4.78, 5) is 37.6. The molecule has 0 aliphatic carbocycles. The Morgan fingerprint density at radius 2 is 0.619 bits per heavy atom. The molecule has 0 aromatic heterocycles. The standard InChI is InChI=1S/C57H98O6/c1-4-7-10-13-15-17-19-21-23-25-27-28-30-31-33-35-37-39-41-44-47-50-56(59)62-53-54(52-61-55(58)49-46-43-12-9-6-3)63-57(60)51-48-45-42-40-38-36-34-32-29-26-24-22-20-18-16-14-11-8-5-2/h8,11,16,18,22,24,29,32,36,38,42,45,54H,4-7,9-10,12-15,17,19-21,23,25-28,30-31,33-35,37,39-41,43-44,46-53H2,1-3H3/b11-8-,18-16-,24-22-,32-29-,38-36-,45-42-. The first-order valence-corrected chi connectivity index (χ1v) is 26.4. The van der Waals surface area contributed by atoms with Gasteiger partial charge in [0.1, 0.15) is 13.2 Å². The van der Waals surface area contributed by atoms with Crippen LogP contribution in [0.25, 0.3) is 0 Å². The summed E-state index contributed by atoms with van der Waals surface area (Å²) < 4.78 is 16.6. The number of esters is 3. The van der Waals surface area contributed by atoms with Crippen LogP contribution in [0.4, 0.5) is 0 Å². The molecule has 0 aliphatic heterocycles. The summed E-state index contributed by atoms with van der Waals surface area (Å²) in [7, 11) is 0. The summed E-state index contributed by atoms with van der Waals surface area (Å²) in [5, 5.41) is 0. The molecule has 0 aromatic rings. The molecule has 0 bridgehead atoms. The minimum Gasteiger partial charge on any atom is -0.462 e. The Hall–Kier alpha value is -3.15. The van der Waals surface area contributed by atoms with Crippen LogP contribution in [0.15, 0.2) is 72.9 Å². The van der Waals surface area contributed by atoms with Gasteiger partial charge >= 0.3 is 17.9 Å². The smallest absolute Gasteiger partial charge is 0.306 e. The number of ether oxygens (including phenoxy) is 3. The van der Waals surface area contributed by atoms with E-state index in [4.69, 9.17) is 14.2 Å². The predicted octanol–water partition coefficient (Wildman–Crippen LogP) is 17.4. The second kappa shape index (κ2) is 51.5. The maximum absolute atomic E-state index is 12.7. The van der Waals surface area contributed by atoms with E-state index in [0.717, 1.165) is 89.9 Å². The molecule has 1 unspecified atom stereocenters. The minimum atomic E-state index is -0.810. The van der Waals surface area contributed by atoms with Gasteiger partial charge in [0.15, 0.2) is 6.10 Å². The average Bonchev–Trinajstić information content (AvgIpc) is 3.28. The molecule has 0 heterocycles. The molecule has 0 amide bonds. The van der Waals surface area contributed by atoms with Gasteiger partial charge in [-0.15, -0.1) is 0 Å². The topological polar surface area (TPSA) is 78.9 Å². The van der Waals surface area contributed by atoms with Gasteiger partial charge in [-0.05, 0) is 57.8 Å². The number of hydrogen-bond acceptors (Lipinski definition) is 6. The number of carbonyl (C=O) groups excluding carboxylic acids is 3. The highest BCUT2D eigenvalue weighted by Gasteiger charge is 2.19. The third kappa shape index (κ3) is 49.7. The fourth-order valence-corrected chi connectivity index (χ4v) is 7.29. The van der Waals surface area contributed by atoms with Gasteiger partial charge in [-0.25, -0.2) is 0 Å². The molecule has 0 N–H and O–H groups in total. The molecule has 0 spiro atoms. The molecule has 0 fully saturated rings. The van der Waals surface area contributed by atoms with Crippen LogP contribution in [-0.2, 0) is 28.6 Å². The fraction of sp³-hybridized carbons (Fsp3) is 0.737. The molecular formula is C57H98O6. The van der Waals surface area contributed by atoms with E-state index >= 15 is 0 Å². The van der Waals surface area contributed by atoms with Crippen molar-refractivity contribution in [2.45, 2.75) is 258 Å². The Balaban J connectivity index is 4.22. The van der Waals surface area contributed by atoms with Gasteiger partial charge in [0.2, 0.25) is 0 Å². The van der Waals surface area contributed by atoms with E-state index in [-0.39, 0.29) is 31.6 Å². The first kappa shape index (κ1) is 59.9. The van der Waals surface area contributed by atoms with Crippen molar-refractivity contribution in [2.24, 2.45) is 0 Å². The zero-order chi connectivity index (χ0) is 45.8. The highest BCUT2D eigenvalue weighted by atomic mass is 16.6. The van der Waals surface area contributed by atoms with Crippen LogP contribution >= 0.6 is 0 Å². The van der Waals surface area contributed by atoms with E-state index in [1.54, 1.807) is 0 Å². The summed E-state index contributed by atoms with van der Waals surface area (Å²) in [6.07, 6.45) is 65.2. The molecule has 0 aliphatic rings. The largest absolute Gasteiger partial charge is 0.462 e. The normalized spacial score (nSPS) is 12.6. The monoisotopic (exact) mass is 879 g/mol. The fourth-order valence-electron chi connectivity index (χ4n) is 7.29. The van der Waals surface area contributed by atoms with E-state index in [1.165, 1.54) is 116 Å².